The highest BCUT2D eigenvalue weighted by Crippen LogP contribution is 1.97. The normalized spacial score (nSPS) is 35.8. The maximum Gasteiger partial charge on any atom is 0.141 e. The van der Waals surface area contributed by atoms with Gasteiger partial charge in [0.15, 0.2) is 0 Å². The second kappa shape index (κ2) is 3.39. The summed E-state index contributed by atoms with van der Waals surface area (Å²) in [4.78, 5) is 0. The van der Waals surface area contributed by atoms with Gasteiger partial charge in [-0.3, -0.25) is 0 Å². The minimum absolute atomic E-state index is 0.0794. The summed E-state index contributed by atoms with van der Waals surface area (Å²) in [5.41, 5.74) is 2.27. The maximum atomic E-state index is 5.39. The van der Waals surface area contributed by atoms with Crippen molar-refractivity contribution in [3.63, 3.8) is 0 Å². The molecule has 0 amide bonds. The van der Waals surface area contributed by atoms with Gasteiger partial charge < -0.3 is 4.43 Å². The van der Waals surface area contributed by atoms with Crippen LogP contribution in [-0.4, -0.2) is 32.8 Å². The quantitative estimate of drug-likeness (QED) is 0.430. The van der Waals surface area contributed by atoms with Crippen LogP contribution in [0.15, 0.2) is 12.3 Å². The minimum Gasteiger partial charge on any atom is -0.428 e. The summed E-state index contributed by atoms with van der Waals surface area (Å²) < 4.78 is 5.39. The Labute approximate surface area is 56.1 Å². The first-order valence-corrected chi connectivity index (χ1v) is 12.5. The van der Waals surface area contributed by atoms with Gasteiger partial charge in [0.25, 0.3) is 0 Å². The summed E-state index contributed by atoms with van der Waals surface area (Å²) >= 11 is 0. The summed E-state index contributed by atoms with van der Waals surface area (Å²) in [6.07, 6.45) is 0. The smallest absolute Gasteiger partial charge is 0.141 e. The van der Waals surface area contributed by atoms with Gasteiger partial charge in [0.1, 0.15) is 9.28 Å². The van der Waals surface area contributed by atoms with Crippen LogP contribution in [0.3, 0.4) is 0 Å². The van der Waals surface area contributed by atoms with Gasteiger partial charge in [0, 0.05) is 23.5 Å². The summed E-state index contributed by atoms with van der Waals surface area (Å²) in [6.45, 7) is 4.93. The fourth-order valence-corrected chi connectivity index (χ4v) is 16.4. The second-order valence-electron chi connectivity index (χ2n) is 2.19. The molecule has 0 aliphatic carbocycles. The molecule has 0 saturated carbocycles. The van der Waals surface area contributed by atoms with E-state index in [1.807, 2.05) is 0 Å². The molecule has 4 heteroatoms. The minimum atomic E-state index is -0.266. The van der Waals surface area contributed by atoms with Gasteiger partial charge in [-0.1, -0.05) is 0 Å². The van der Waals surface area contributed by atoms with Crippen molar-refractivity contribution >= 4 is 26.1 Å². The predicted octanol–water partition coefficient (Wildman–Crippen LogP) is -1.37. The van der Waals surface area contributed by atoms with Crippen LogP contribution in [-0.2, 0) is 4.43 Å². The summed E-state index contributed by atoms with van der Waals surface area (Å²) in [5, 5.41) is 0. The van der Waals surface area contributed by atoms with E-state index in [1.165, 1.54) is 6.04 Å². The van der Waals surface area contributed by atoms with E-state index in [0.717, 1.165) is 6.61 Å². The molecular formula is C4H12OSi3. The van der Waals surface area contributed by atoms with Crippen molar-refractivity contribution in [2.75, 3.05) is 6.61 Å². The third-order valence-corrected chi connectivity index (χ3v) is 19.6. The van der Waals surface area contributed by atoms with Gasteiger partial charge in [0.05, 0.1) is 0 Å². The van der Waals surface area contributed by atoms with Crippen molar-refractivity contribution in [2.45, 2.75) is 6.04 Å². The molecule has 0 spiro atoms. The van der Waals surface area contributed by atoms with E-state index in [2.05, 4.69) is 12.3 Å². The van der Waals surface area contributed by atoms with Crippen molar-refractivity contribution in [1.82, 2.24) is 0 Å². The Hall–Kier alpha value is 0.351. The van der Waals surface area contributed by atoms with E-state index in [0.29, 0.717) is 8.55 Å². The molecule has 0 bridgehead atoms. The molecule has 8 heavy (non-hydrogen) atoms. The van der Waals surface area contributed by atoms with E-state index in [4.69, 9.17) is 4.43 Å². The first kappa shape index (κ1) is 6.47. The van der Waals surface area contributed by atoms with Gasteiger partial charge in [-0.25, -0.2) is 0 Å². The standard InChI is InChI=1S/C4H12OSi3/c1-2-8-4-3-5-6-7-8/h2,8H,1,3-4,6-7H2. The fraction of sp³-hybridized carbons (Fsp3) is 0.500. The highest BCUT2D eigenvalue weighted by molar-refractivity contribution is 7.36. The summed E-state index contributed by atoms with van der Waals surface area (Å²) in [5.74, 6) is 0. The Kier molecular flexibility index (Phi) is 2.74. The van der Waals surface area contributed by atoms with Crippen LogP contribution in [0.4, 0.5) is 0 Å². The van der Waals surface area contributed by atoms with Crippen molar-refractivity contribution in [3.05, 3.63) is 12.3 Å². The largest absolute Gasteiger partial charge is 0.428 e. The zero-order valence-electron chi connectivity index (χ0n) is 5.10. The molecule has 1 saturated heterocycles. The Morgan fingerprint density at radius 2 is 2.62 bits per heavy atom. The third kappa shape index (κ3) is 1.70. The lowest BCUT2D eigenvalue weighted by atomic mass is 10.9. The zero-order valence-corrected chi connectivity index (χ0v) is 9.08. The monoisotopic (exact) mass is 160 g/mol. The van der Waals surface area contributed by atoms with Crippen LogP contribution in [0.25, 0.3) is 0 Å². The first-order chi connectivity index (χ1) is 3.93. The molecule has 1 fully saturated rings. The van der Waals surface area contributed by atoms with Crippen molar-refractivity contribution in [2.24, 2.45) is 0 Å². The van der Waals surface area contributed by atoms with Crippen LogP contribution in [0.2, 0.25) is 6.04 Å². The number of rotatable bonds is 1. The van der Waals surface area contributed by atoms with E-state index < -0.39 is 0 Å². The van der Waals surface area contributed by atoms with Gasteiger partial charge >= 0.3 is 0 Å². The molecule has 0 aromatic carbocycles. The lowest BCUT2D eigenvalue weighted by Gasteiger charge is -2.15. The molecule has 0 aromatic rings. The van der Waals surface area contributed by atoms with Crippen molar-refractivity contribution in [1.29, 1.82) is 0 Å². The second-order valence-corrected chi connectivity index (χ2v) is 17.4. The van der Waals surface area contributed by atoms with Crippen molar-refractivity contribution < 1.29 is 4.43 Å². The molecule has 1 rings (SSSR count). The zero-order chi connectivity index (χ0) is 5.82. The molecule has 1 heterocycles. The van der Waals surface area contributed by atoms with E-state index in [1.54, 1.807) is 0 Å². The fourth-order valence-electron chi connectivity index (χ4n) is 0.952. The summed E-state index contributed by atoms with van der Waals surface area (Å²) in [6, 6.07) is 1.41. The van der Waals surface area contributed by atoms with E-state index in [9.17, 15) is 0 Å². The molecule has 1 nitrogen and oxygen atoms in total. The number of hydrogen-bond donors (Lipinski definition) is 0. The van der Waals surface area contributed by atoms with Crippen LogP contribution in [0.1, 0.15) is 0 Å². The van der Waals surface area contributed by atoms with Gasteiger partial charge in [-0.05, 0) is 6.04 Å². The van der Waals surface area contributed by atoms with Crippen molar-refractivity contribution in [3.8, 4) is 0 Å². The molecule has 46 valence electrons. The number of hydrogen-bond acceptors (Lipinski definition) is 1. The van der Waals surface area contributed by atoms with Gasteiger partial charge in [-0.2, -0.15) is 0 Å². The molecule has 0 aromatic heterocycles. The van der Waals surface area contributed by atoms with Crippen LogP contribution < -0.4 is 0 Å². The molecule has 1 aliphatic rings. The van der Waals surface area contributed by atoms with E-state index in [-0.39, 0.29) is 17.6 Å². The van der Waals surface area contributed by atoms with E-state index >= 15 is 0 Å². The predicted molar refractivity (Wildman–Crippen MR) is 45.2 cm³/mol. The molecule has 1 atom stereocenters. The maximum absolute atomic E-state index is 5.39. The van der Waals surface area contributed by atoms with Gasteiger partial charge in [0.2, 0.25) is 0 Å². The third-order valence-electron chi connectivity index (χ3n) is 1.60. The van der Waals surface area contributed by atoms with Crippen LogP contribution in [0, 0.1) is 0 Å². The Balaban J connectivity index is 2.22. The van der Waals surface area contributed by atoms with Gasteiger partial charge in [-0.15, -0.1) is 12.3 Å². The van der Waals surface area contributed by atoms with Crippen LogP contribution >= 0.6 is 0 Å². The average molecular weight is 160 g/mol. The SMILES string of the molecule is C=C[SiH]1CCO[SiH2][SiH2]1. The van der Waals surface area contributed by atoms with Crippen LogP contribution in [0.5, 0.6) is 0 Å². The Bertz CT molecular complexity index is 79.4. The lowest BCUT2D eigenvalue weighted by molar-refractivity contribution is 0.367. The summed E-state index contributed by atoms with van der Waals surface area (Å²) in [7, 11) is 0.174. The highest BCUT2D eigenvalue weighted by atomic mass is 29.5. The Morgan fingerprint density at radius 1 is 1.75 bits per heavy atom. The Morgan fingerprint density at radius 3 is 3.00 bits per heavy atom. The molecular weight excluding hydrogens is 148 g/mol. The highest BCUT2D eigenvalue weighted by Gasteiger charge is 2.11. The molecule has 1 unspecified atom stereocenters. The lowest BCUT2D eigenvalue weighted by Crippen LogP contribution is -2.33. The molecule has 0 radical (unpaired) electrons. The molecule has 0 N–H and O–H groups in total. The first-order valence-electron chi connectivity index (χ1n) is 3.14. The molecule has 1 aliphatic heterocycles. The topological polar surface area (TPSA) is 9.23 Å². The average Bonchev–Trinajstić information content (AvgIpc) is 1.90.